The van der Waals surface area contributed by atoms with Crippen molar-refractivity contribution in [2.45, 2.75) is 26.3 Å². The number of anilines is 1. The van der Waals surface area contributed by atoms with Gasteiger partial charge in [0.25, 0.3) is 0 Å². The van der Waals surface area contributed by atoms with Gasteiger partial charge in [-0.1, -0.05) is 0 Å². The van der Waals surface area contributed by atoms with E-state index in [4.69, 9.17) is 5.73 Å². The normalized spacial score (nSPS) is 15.6. The van der Waals surface area contributed by atoms with Crippen LogP contribution in [0.3, 0.4) is 0 Å². The van der Waals surface area contributed by atoms with E-state index in [9.17, 15) is 4.79 Å². The maximum absolute atomic E-state index is 11.5. The first-order chi connectivity index (χ1) is 6.72. The Balaban J connectivity index is 2.11. The fourth-order valence-corrected chi connectivity index (χ4v) is 2.11. The van der Waals surface area contributed by atoms with Gasteiger partial charge in [0.2, 0.25) is 5.91 Å². The molecule has 1 saturated carbocycles. The molecular weight excluding hydrogens is 198 g/mol. The number of nitrogens with one attached hydrogen (secondary N) is 1. The van der Waals surface area contributed by atoms with Gasteiger partial charge in [0, 0.05) is 18.0 Å². The average molecular weight is 211 g/mol. The van der Waals surface area contributed by atoms with Crippen LogP contribution >= 0.6 is 11.5 Å². The summed E-state index contributed by atoms with van der Waals surface area (Å²) in [6.45, 7) is 2.34. The van der Waals surface area contributed by atoms with Gasteiger partial charge in [0.1, 0.15) is 5.00 Å². The minimum Gasteiger partial charge on any atom is -0.326 e. The van der Waals surface area contributed by atoms with E-state index in [1.807, 2.05) is 6.92 Å². The summed E-state index contributed by atoms with van der Waals surface area (Å²) in [7, 11) is 0. The van der Waals surface area contributed by atoms with E-state index in [0.29, 0.717) is 6.54 Å². The fraction of sp³-hybridized carbons (Fsp3) is 0.556. The highest BCUT2D eigenvalue weighted by Gasteiger charge is 2.30. The molecule has 0 saturated heterocycles. The van der Waals surface area contributed by atoms with Crippen molar-refractivity contribution >= 4 is 22.4 Å². The molecule has 1 aliphatic rings. The lowest BCUT2D eigenvalue weighted by molar-refractivity contribution is -0.117. The van der Waals surface area contributed by atoms with Crippen LogP contribution in [-0.2, 0) is 11.3 Å². The quantitative estimate of drug-likeness (QED) is 0.790. The summed E-state index contributed by atoms with van der Waals surface area (Å²) in [5, 5.41) is 3.70. The zero-order valence-electron chi connectivity index (χ0n) is 8.04. The number of amides is 1. The predicted octanol–water partition coefficient (Wildman–Crippen LogP) is 1.26. The number of aryl methyl sites for hydroxylation is 1. The first-order valence-corrected chi connectivity index (χ1v) is 5.45. The first kappa shape index (κ1) is 9.61. The van der Waals surface area contributed by atoms with Gasteiger partial charge in [-0.25, -0.2) is 0 Å². The molecule has 5 heteroatoms. The van der Waals surface area contributed by atoms with Gasteiger partial charge in [-0.05, 0) is 31.3 Å². The van der Waals surface area contributed by atoms with Crippen LogP contribution in [-0.4, -0.2) is 10.3 Å². The fourth-order valence-electron chi connectivity index (χ4n) is 1.29. The van der Waals surface area contributed by atoms with Crippen LogP contribution in [0.25, 0.3) is 0 Å². The topological polar surface area (TPSA) is 68.0 Å². The molecule has 1 aromatic heterocycles. The van der Waals surface area contributed by atoms with Gasteiger partial charge in [-0.3, -0.25) is 4.79 Å². The molecule has 1 heterocycles. The third-order valence-corrected chi connectivity index (χ3v) is 3.27. The second-order valence-electron chi connectivity index (χ2n) is 3.54. The molecule has 0 unspecified atom stereocenters. The van der Waals surface area contributed by atoms with E-state index in [1.54, 1.807) is 0 Å². The maximum atomic E-state index is 11.5. The van der Waals surface area contributed by atoms with E-state index >= 15 is 0 Å². The molecule has 14 heavy (non-hydrogen) atoms. The summed E-state index contributed by atoms with van der Waals surface area (Å²) >= 11 is 1.31. The summed E-state index contributed by atoms with van der Waals surface area (Å²) in [4.78, 5) is 11.5. The number of rotatable bonds is 3. The Morgan fingerprint density at radius 1 is 1.71 bits per heavy atom. The second kappa shape index (κ2) is 3.67. The number of nitrogens with two attached hydrogens (primary N) is 1. The van der Waals surface area contributed by atoms with Crippen molar-refractivity contribution in [3.05, 3.63) is 11.3 Å². The lowest BCUT2D eigenvalue weighted by atomic mass is 10.2. The highest BCUT2D eigenvalue weighted by molar-refractivity contribution is 7.10. The smallest absolute Gasteiger partial charge is 0.228 e. The minimum atomic E-state index is 0.114. The molecule has 1 aliphatic carbocycles. The van der Waals surface area contributed by atoms with Crippen molar-refractivity contribution in [2.75, 3.05) is 5.32 Å². The Morgan fingerprint density at radius 3 is 3.00 bits per heavy atom. The van der Waals surface area contributed by atoms with E-state index in [-0.39, 0.29) is 11.8 Å². The van der Waals surface area contributed by atoms with Crippen molar-refractivity contribution in [1.82, 2.24) is 4.37 Å². The zero-order chi connectivity index (χ0) is 10.1. The standard InChI is InChI=1S/C9H13N3OS/c1-5-7(4-10)9(14-12-5)11-8(13)6-2-3-6/h6H,2-4,10H2,1H3,(H,11,13). The van der Waals surface area contributed by atoms with Gasteiger partial charge in [-0.2, -0.15) is 4.37 Å². The van der Waals surface area contributed by atoms with Crippen LogP contribution in [0, 0.1) is 12.8 Å². The molecule has 1 aromatic rings. The van der Waals surface area contributed by atoms with E-state index in [1.165, 1.54) is 11.5 Å². The Bertz CT molecular complexity index is 357. The van der Waals surface area contributed by atoms with Crippen LogP contribution in [0.4, 0.5) is 5.00 Å². The van der Waals surface area contributed by atoms with Crippen molar-refractivity contribution in [3.8, 4) is 0 Å². The Hall–Kier alpha value is -0.940. The summed E-state index contributed by atoms with van der Waals surface area (Å²) < 4.78 is 4.17. The van der Waals surface area contributed by atoms with E-state index < -0.39 is 0 Å². The van der Waals surface area contributed by atoms with Gasteiger partial charge in [0.15, 0.2) is 0 Å². The monoisotopic (exact) mass is 211 g/mol. The number of hydrogen-bond donors (Lipinski definition) is 2. The molecule has 4 nitrogen and oxygen atoms in total. The molecule has 0 radical (unpaired) electrons. The molecule has 0 aromatic carbocycles. The number of carbonyl (C=O) groups is 1. The van der Waals surface area contributed by atoms with Crippen molar-refractivity contribution in [1.29, 1.82) is 0 Å². The van der Waals surface area contributed by atoms with Crippen LogP contribution < -0.4 is 11.1 Å². The number of carbonyl (C=O) groups excluding carboxylic acids is 1. The third-order valence-electron chi connectivity index (χ3n) is 2.37. The SMILES string of the molecule is Cc1nsc(NC(=O)C2CC2)c1CN. The van der Waals surface area contributed by atoms with Crippen molar-refractivity contribution in [3.63, 3.8) is 0 Å². The molecule has 0 bridgehead atoms. The molecule has 0 aliphatic heterocycles. The Labute approximate surface area is 86.7 Å². The number of aromatic nitrogens is 1. The van der Waals surface area contributed by atoms with Crippen LogP contribution in [0.15, 0.2) is 0 Å². The summed E-state index contributed by atoms with van der Waals surface area (Å²) in [5.41, 5.74) is 7.46. The molecule has 2 rings (SSSR count). The Morgan fingerprint density at radius 2 is 2.43 bits per heavy atom. The van der Waals surface area contributed by atoms with Crippen molar-refractivity contribution in [2.24, 2.45) is 11.7 Å². The molecule has 1 fully saturated rings. The largest absolute Gasteiger partial charge is 0.326 e. The minimum absolute atomic E-state index is 0.114. The van der Waals surface area contributed by atoms with Gasteiger partial charge in [0.05, 0.1) is 5.69 Å². The third kappa shape index (κ3) is 1.78. The van der Waals surface area contributed by atoms with Crippen molar-refractivity contribution < 1.29 is 4.79 Å². The van der Waals surface area contributed by atoms with Crippen LogP contribution in [0.2, 0.25) is 0 Å². The lowest BCUT2D eigenvalue weighted by Gasteiger charge is -2.02. The second-order valence-corrected chi connectivity index (χ2v) is 4.32. The van der Waals surface area contributed by atoms with Gasteiger partial charge in [-0.15, -0.1) is 0 Å². The molecule has 0 atom stereocenters. The molecule has 1 amide bonds. The molecule has 0 spiro atoms. The predicted molar refractivity (Wildman–Crippen MR) is 56.1 cm³/mol. The highest BCUT2D eigenvalue weighted by atomic mass is 32.1. The zero-order valence-corrected chi connectivity index (χ0v) is 8.86. The van der Waals surface area contributed by atoms with E-state index in [0.717, 1.165) is 29.1 Å². The number of nitrogens with zero attached hydrogens (tertiary/aromatic N) is 1. The Kier molecular flexibility index (Phi) is 2.52. The molecular formula is C9H13N3OS. The average Bonchev–Trinajstić information content (AvgIpc) is 2.93. The van der Waals surface area contributed by atoms with Crippen LogP contribution in [0.5, 0.6) is 0 Å². The first-order valence-electron chi connectivity index (χ1n) is 4.68. The maximum Gasteiger partial charge on any atom is 0.228 e. The summed E-state index contributed by atoms with van der Waals surface area (Å²) in [6.07, 6.45) is 2.03. The highest BCUT2D eigenvalue weighted by Crippen LogP contribution is 2.32. The number of hydrogen-bond acceptors (Lipinski definition) is 4. The van der Waals surface area contributed by atoms with Gasteiger partial charge < -0.3 is 11.1 Å². The van der Waals surface area contributed by atoms with E-state index in [2.05, 4.69) is 9.69 Å². The summed E-state index contributed by atoms with van der Waals surface area (Å²) in [6, 6.07) is 0. The molecule has 76 valence electrons. The summed E-state index contributed by atoms with van der Waals surface area (Å²) in [5.74, 6) is 0.339. The van der Waals surface area contributed by atoms with Gasteiger partial charge >= 0.3 is 0 Å². The lowest BCUT2D eigenvalue weighted by Crippen LogP contribution is -2.14. The van der Waals surface area contributed by atoms with Crippen LogP contribution in [0.1, 0.15) is 24.1 Å². The molecule has 3 N–H and O–H groups in total.